The van der Waals surface area contributed by atoms with Crippen LogP contribution in [0.4, 0.5) is 0 Å². The second kappa shape index (κ2) is 8.11. The van der Waals surface area contributed by atoms with E-state index in [1.165, 1.54) is 0 Å². The smallest absolute Gasteiger partial charge is 0.170 e. The third kappa shape index (κ3) is 3.94. The number of nitrogens with two attached hydrogens (primary N) is 1. The van der Waals surface area contributed by atoms with E-state index in [1.807, 2.05) is 36.4 Å². The number of benzene rings is 4. The van der Waals surface area contributed by atoms with Gasteiger partial charge < -0.3 is 5.73 Å². The fourth-order valence-corrected chi connectivity index (χ4v) is 3.76. The molecule has 3 heteroatoms. The SMILES string of the molecule is N=C(N)c1ccc(C(=O)C(Cc2ccccc2)c2cccc3ccccc23)cc1. The number of amidine groups is 1. The minimum atomic E-state index is -0.299. The summed E-state index contributed by atoms with van der Waals surface area (Å²) in [4.78, 5) is 13.6. The third-order valence-electron chi connectivity index (χ3n) is 5.28. The molecule has 0 aromatic heterocycles. The van der Waals surface area contributed by atoms with Gasteiger partial charge in [-0.05, 0) is 28.3 Å². The maximum Gasteiger partial charge on any atom is 0.170 e. The van der Waals surface area contributed by atoms with Gasteiger partial charge in [0.1, 0.15) is 5.84 Å². The maximum absolute atomic E-state index is 13.6. The number of hydrogen-bond donors (Lipinski definition) is 2. The highest BCUT2D eigenvalue weighted by molar-refractivity contribution is 6.04. The second-order valence-electron chi connectivity index (χ2n) is 7.17. The van der Waals surface area contributed by atoms with Gasteiger partial charge in [-0.25, -0.2) is 0 Å². The molecule has 0 bridgehead atoms. The van der Waals surface area contributed by atoms with Crippen LogP contribution in [0.1, 0.15) is 33.0 Å². The number of fused-ring (bicyclic) bond motifs is 1. The Bertz CT molecular complexity index is 1160. The summed E-state index contributed by atoms with van der Waals surface area (Å²) in [6, 6.07) is 31.4. The van der Waals surface area contributed by atoms with Crippen molar-refractivity contribution >= 4 is 22.4 Å². The minimum absolute atomic E-state index is 0.00103. The summed E-state index contributed by atoms with van der Waals surface area (Å²) in [6.07, 6.45) is 0.627. The molecule has 29 heavy (non-hydrogen) atoms. The highest BCUT2D eigenvalue weighted by Gasteiger charge is 2.24. The largest absolute Gasteiger partial charge is 0.384 e. The number of nitrogens with one attached hydrogen (secondary N) is 1. The molecule has 3 nitrogen and oxygen atoms in total. The lowest BCUT2D eigenvalue weighted by atomic mass is 9.83. The van der Waals surface area contributed by atoms with Crippen molar-refractivity contribution < 1.29 is 4.79 Å². The normalized spacial score (nSPS) is 11.9. The quantitative estimate of drug-likeness (QED) is 0.270. The Hall–Kier alpha value is -3.72. The van der Waals surface area contributed by atoms with E-state index in [2.05, 4.69) is 36.4 Å². The number of hydrogen-bond acceptors (Lipinski definition) is 2. The van der Waals surface area contributed by atoms with E-state index < -0.39 is 0 Å². The average Bonchev–Trinajstić information content (AvgIpc) is 2.77. The van der Waals surface area contributed by atoms with E-state index in [0.29, 0.717) is 17.5 Å². The summed E-state index contributed by atoms with van der Waals surface area (Å²) in [6.45, 7) is 0. The summed E-state index contributed by atoms with van der Waals surface area (Å²) >= 11 is 0. The molecular formula is C26H22N2O. The fraction of sp³-hybridized carbons (Fsp3) is 0.0769. The minimum Gasteiger partial charge on any atom is -0.384 e. The summed E-state index contributed by atoms with van der Waals surface area (Å²) in [5, 5.41) is 9.79. The van der Waals surface area contributed by atoms with E-state index in [4.69, 9.17) is 11.1 Å². The molecule has 4 aromatic rings. The van der Waals surface area contributed by atoms with Gasteiger partial charge in [0.05, 0.1) is 5.92 Å². The van der Waals surface area contributed by atoms with E-state index in [0.717, 1.165) is 21.9 Å². The lowest BCUT2D eigenvalue weighted by molar-refractivity contribution is 0.0959. The second-order valence-corrected chi connectivity index (χ2v) is 7.17. The molecule has 0 spiro atoms. The molecule has 0 aliphatic rings. The molecule has 0 aliphatic carbocycles. The van der Waals surface area contributed by atoms with Crippen molar-refractivity contribution in [1.82, 2.24) is 0 Å². The molecule has 0 aliphatic heterocycles. The molecule has 0 fully saturated rings. The van der Waals surface area contributed by atoms with Crippen molar-refractivity contribution in [2.24, 2.45) is 5.73 Å². The van der Waals surface area contributed by atoms with Crippen molar-refractivity contribution in [1.29, 1.82) is 5.41 Å². The topological polar surface area (TPSA) is 66.9 Å². The highest BCUT2D eigenvalue weighted by Crippen LogP contribution is 2.31. The van der Waals surface area contributed by atoms with Crippen molar-refractivity contribution in [2.45, 2.75) is 12.3 Å². The van der Waals surface area contributed by atoms with Crippen LogP contribution >= 0.6 is 0 Å². The van der Waals surface area contributed by atoms with Gasteiger partial charge in [-0.15, -0.1) is 0 Å². The van der Waals surface area contributed by atoms with Crippen LogP contribution in [0.3, 0.4) is 0 Å². The Morgan fingerprint density at radius 1 is 0.759 bits per heavy atom. The molecule has 1 atom stereocenters. The zero-order chi connectivity index (χ0) is 20.2. The van der Waals surface area contributed by atoms with Crippen molar-refractivity contribution in [3.05, 3.63) is 119 Å². The van der Waals surface area contributed by atoms with Crippen LogP contribution in [-0.4, -0.2) is 11.6 Å². The summed E-state index contributed by atoms with van der Waals surface area (Å²) < 4.78 is 0. The molecule has 0 saturated carbocycles. The van der Waals surface area contributed by atoms with Crippen LogP contribution in [0, 0.1) is 5.41 Å². The Kier molecular flexibility index (Phi) is 5.21. The summed E-state index contributed by atoms with van der Waals surface area (Å²) in [5.41, 5.74) is 8.96. The first-order valence-electron chi connectivity index (χ1n) is 9.64. The predicted molar refractivity (Wildman–Crippen MR) is 119 cm³/mol. The Morgan fingerprint density at radius 3 is 2.10 bits per heavy atom. The van der Waals surface area contributed by atoms with Crippen LogP contribution in [-0.2, 0) is 6.42 Å². The van der Waals surface area contributed by atoms with Gasteiger partial charge in [0.2, 0.25) is 0 Å². The molecule has 0 radical (unpaired) electrons. The molecule has 0 amide bonds. The first-order chi connectivity index (χ1) is 14.1. The van der Waals surface area contributed by atoms with Crippen molar-refractivity contribution in [2.75, 3.05) is 0 Å². The van der Waals surface area contributed by atoms with Crippen LogP contribution in [0.15, 0.2) is 97.1 Å². The van der Waals surface area contributed by atoms with Gasteiger partial charge in [0.15, 0.2) is 5.78 Å². The maximum atomic E-state index is 13.6. The monoisotopic (exact) mass is 378 g/mol. The zero-order valence-electron chi connectivity index (χ0n) is 16.0. The Morgan fingerprint density at radius 2 is 1.38 bits per heavy atom. The fourth-order valence-electron chi connectivity index (χ4n) is 3.76. The number of carbonyl (C=O) groups is 1. The molecule has 4 aromatic carbocycles. The third-order valence-corrected chi connectivity index (χ3v) is 5.28. The van der Waals surface area contributed by atoms with Gasteiger partial charge >= 0.3 is 0 Å². The molecule has 0 heterocycles. The molecule has 3 N–H and O–H groups in total. The van der Waals surface area contributed by atoms with Gasteiger partial charge in [-0.2, -0.15) is 0 Å². The first kappa shape index (κ1) is 18.6. The number of ketones is 1. The summed E-state index contributed by atoms with van der Waals surface area (Å²) in [5.74, 6) is -0.231. The van der Waals surface area contributed by atoms with Crippen LogP contribution in [0.25, 0.3) is 10.8 Å². The van der Waals surface area contributed by atoms with E-state index >= 15 is 0 Å². The molecule has 0 saturated heterocycles. The van der Waals surface area contributed by atoms with Gasteiger partial charge in [-0.1, -0.05) is 97.1 Å². The molecule has 1 unspecified atom stereocenters. The van der Waals surface area contributed by atoms with E-state index in [1.54, 1.807) is 24.3 Å². The van der Waals surface area contributed by atoms with Crippen molar-refractivity contribution in [3.8, 4) is 0 Å². The Labute approximate surface area is 170 Å². The predicted octanol–water partition coefficient (Wildman–Crippen LogP) is 5.33. The first-order valence-corrected chi connectivity index (χ1v) is 9.64. The molecule has 142 valence electrons. The van der Waals surface area contributed by atoms with Crippen molar-refractivity contribution in [3.63, 3.8) is 0 Å². The van der Waals surface area contributed by atoms with E-state index in [-0.39, 0.29) is 17.5 Å². The van der Waals surface area contributed by atoms with Gasteiger partial charge in [0, 0.05) is 11.1 Å². The van der Waals surface area contributed by atoms with Crippen LogP contribution in [0.2, 0.25) is 0 Å². The van der Waals surface area contributed by atoms with Crippen LogP contribution < -0.4 is 5.73 Å². The zero-order valence-corrected chi connectivity index (χ0v) is 16.0. The lowest BCUT2D eigenvalue weighted by Gasteiger charge is -2.19. The summed E-state index contributed by atoms with van der Waals surface area (Å²) in [7, 11) is 0. The Balaban J connectivity index is 1.79. The number of nitrogen functional groups attached to an aromatic ring is 1. The molecular weight excluding hydrogens is 356 g/mol. The number of rotatable bonds is 6. The van der Waals surface area contributed by atoms with Crippen LogP contribution in [0.5, 0.6) is 0 Å². The number of Topliss-reactive ketones (excluding diaryl/α,β-unsaturated/α-hetero) is 1. The lowest BCUT2D eigenvalue weighted by Crippen LogP contribution is -2.17. The average molecular weight is 378 g/mol. The van der Waals surface area contributed by atoms with Gasteiger partial charge in [0.25, 0.3) is 0 Å². The number of carbonyl (C=O) groups excluding carboxylic acids is 1. The van der Waals surface area contributed by atoms with E-state index in [9.17, 15) is 4.79 Å². The standard InChI is InChI=1S/C26H22N2O/c27-26(28)21-15-13-20(14-16-21)25(29)24(17-18-7-2-1-3-8-18)23-12-6-10-19-9-4-5-11-22(19)23/h1-16,24H,17H2,(H3,27,28). The van der Waals surface area contributed by atoms with Gasteiger partial charge in [-0.3, -0.25) is 10.2 Å². The highest BCUT2D eigenvalue weighted by atomic mass is 16.1. The molecule has 4 rings (SSSR count).